The van der Waals surface area contributed by atoms with Crippen molar-refractivity contribution in [2.24, 2.45) is 0 Å². The van der Waals surface area contributed by atoms with Gasteiger partial charge in [0.2, 0.25) is 5.91 Å². The number of methoxy groups -OCH3 is 1. The van der Waals surface area contributed by atoms with Gasteiger partial charge in [-0.1, -0.05) is 0 Å². The fraction of sp³-hybridized carbons (Fsp3) is 0.692. The van der Waals surface area contributed by atoms with E-state index in [1.165, 1.54) is 12.0 Å². The number of hydrogen-bond acceptors (Lipinski definition) is 5. The molecule has 0 atom stereocenters. The maximum absolute atomic E-state index is 11.9. The smallest absolute Gasteiger partial charge is 0.325 e. The number of carbonyl (C=O) groups excluding carboxylic acids is 3. The number of aliphatic carboxylic acids is 1. The van der Waals surface area contributed by atoms with E-state index in [9.17, 15) is 19.2 Å². The Balaban J connectivity index is 4.25. The van der Waals surface area contributed by atoms with Crippen LogP contribution in [0.25, 0.3) is 0 Å². The van der Waals surface area contributed by atoms with Crippen molar-refractivity contribution < 1.29 is 29.0 Å². The molecule has 0 fully saturated rings. The lowest BCUT2D eigenvalue weighted by Crippen LogP contribution is -2.48. The van der Waals surface area contributed by atoms with Gasteiger partial charge in [-0.25, -0.2) is 4.79 Å². The van der Waals surface area contributed by atoms with E-state index in [0.717, 1.165) is 0 Å². The van der Waals surface area contributed by atoms with Gasteiger partial charge >= 0.3 is 18.0 Å². The van der Waals surface area contributed by atoms with Crippen LogP contribution in [0.2, 0.25) is 0 Å². The predicted molar refractivity (Wildman–Crippen MR) is 73.5 cm³/mol. The summed E-state index contributed by atoms with van der Waals surface area (Å²) in [6.45, 7) is 3.17. The zero-order valence-electron chi connectivity index (χ0n) is 12.5. The van der Waals surface area contributed by atoms with Gasteiger partial charge < -0.3 is 14.7 Å². The van der Waals surface area contributed by atoms with E-state index in [0.29, 0.717) is 12.8 Å². The molecule has 0 aromatic heterocycles. The molecule has 8 nitrogen and oxygen atoms in total. The molecule has 0 aliphatic heterocycles. The van der Waals surface area contributed by atoms with Crippen LogP contribution in [0.5, 0.6) is 0 Å². The van der Waals surface area contributed by atoms with Gasteiger partial charge in [0.25, 0.3) is 0 Å². The highest BCUT2D eigenvalue weighted by atomic mass is 16.5. The van der Waals surface area contributed by atoms with Gasteiger partial charge in [0.05, 0.1) is 7.11 Å². The normalized spacial score (nSPS) is 10.1. The average molecular weight is 302 g/mol. The molecule has 8 heteroatoms. The van der Waals surface area contributed by atoms with Crippen LogP contribution in [0.3, 0.4) is 0 Å². The van der Waals surface area contributed by atoms with Crippen LogP contribution < -0.4 is 5.32 Å². The first kappa shape index (κ1) is 18.9. The Labute approximate surface area is 123 Å². The van der Waals surface area contributed by atoms with E-state index in [1.807, 2.05) is 0 Å². The Morgan fingerprint density at radius 1 is 1.14 bits per heavy atom. The molecule has 0 aromatic rings. The second kappa shape index (κ2) is 9.73. The summed E-state index contributed by atoms with van der Waals surface area (Å²) in [6, 6.07) is -0.942. The van der Waals surface area contributed by atoms with Crippen molar-refractivity contribution in [1.82, 2.24) is 10.2 Å². The molecule has 2 N–H and O–H groups in total. The zero-order valence-corrected chi connectivity index (χ0v) is 12.5. The number of amides is 3. The van der Waals surface area contributed by atoms with E-state index in [1.54, 1.807) is 13.8 Å². The summed E-state index contributed by atoms with van der Waals surface area (Å²) in [7, 11) is 1.21. The van der Waals surface area contributed by atoms with Crippen molar-refractivity contribution in [2.45, 2.75) is 45.6 Å². The Morgan fingerprint density at radius 2 is 1.71 bits per heavy atom. The van der Waals surface area contributed by atoms with Crippen LogP contribution in [0.1, 0.15) is 39.5 Å². The van der Waals surface area contributed by atoms with Gasteiger partial charge in [0, 0.05) is 18.9 Å². The molecule has 0 aromatic carbocycles. The molecule has 0 bridgehead atoms. The highest BCUT2D eigenvalue weighted by Crippen LogP contribution is 2.02. The van der Waals surface area contributed by atoms with Gasteiger partial charge in [-0.15, -0.1) is 0 Å². The van der Waals surface area contributed by atoms with E-state index in [2.05, 4.69) is 10.1 Å². The molecule has 21 heavy (non-hydrogen) atoms. The molecule has 0 saturated carbocycles. The predicted octanol–water partition coefficient (Wildman–Crippen LogP) is 0.751. The standard InChI is InChI=1S/C13H22N2O6/c1-9(2)15(8-12(19)21-3)13(20)14-10(16)6-4-5-7-11(17)18/h9H,4-8H2,1-3H3,(H,17,18)(H,14,16,20). The summed E-state index contributed by atoms with van der Waals surface area (Å²) >= 11 is 0. The Kier molecular flexibility index (Phi) is 8.75. The lowest BCUT2D eigenvalue weighted by molar-refractivity contribution is -0.141. The van der Waals surface area contributed by atoms with Crippen molar-refractivity contribution in [2.75, 3.05) is 13.7 Å². The quantitative estimate of drug-likeness (QED) is 0.505. The number of urea groups is 1. The number of carbonyl (C=O) groups is 4. The largest absolute Gasteiger partial charge is 0.481 e. The van der Waals surface area contributed by atoms with Crippen molar-refractivity contribution >= 4 is 23.9 Å². The minimum atomic E-state index is -0.921. The molecule has 0 aliphatic carbocycles. The summed E-state index contributed by atoms with van der Waals surface area (Å²) in [4.78, 5) is 46.1. The summed E-state index contributed by atoms with van der Waals surface area (Å²) in [6.07, 6.45) is 0.794. The van der Waals surface area contributed by atoms with Crippen molar-refractivity contribution in [1.29, 1.82) is 0 Å². The third-order valence-electron chi connectivity index (χ3n) is 2.70. The molecular weight excluding hydrogens is 280 g/mol. The minimum absolute atomic E-state index is 0.0122. The molecule has 120 valence electrons. The van der Waals surface area contributed by atoms with Gasteiger partial charge in [-0.2, -0.15) is 0 Å². The first-order valence-electron chi connectivity index (χ1n) is 6.67. The van der Waals surface area contributed by atoms with Crippen LogP contribution in [0, 0.1) is 0 Å². The van der Waals surface area contributed by atoms with Gasteiger partial charge in [0.15, 0.2) is 0 Å². The van der Waals surface area contributed by atoms with E-state index in [4.69, 9.17) is 5.11 Å². The molecule has 0 radical (unpaired) electrons. The number of carboxylic acid groups (broad SMARTS) is 1. The topological polar surface area (TPSA) is 113 Å². The molecule has 0 unspecified atom stereocenters. The number of rotatable bonds is 8. The second-order valence-electron chi connectivity index (χ2n) is 4.75. The van der Waals surface area contributed by atoms with Crippen molar-refractivity contribution in [3.05, 3.63) is 0 Å². The first-order chi connectivity index (χ1) is 9.77. The lowest BCUT2D eigenvalue weighted by Gasteiger charge is -2.25. The number of unbranched alkanes of at least 4 members (excludes halogenated alkanes) is 1. The molecular formula is C13H22N2O6. The third-order valence-corrected chi connectivity index (χ3v) is 2.70. The highest BCUT2D eigenvalue weighted by molar-refractivity contribution is 5.95. The van der Waals surface area contributed by atoms with Crippen molar-refractivity contribution in [3.8, 4) is 0 Å². The number of nitrogens with zero attached hydrogens (tertiary/aromatic N) is 1. The summed E-state index contributed by atoms with van der Waals surface area (Å²) in [5.41, 5.74) is 0. The second-order valence-corrected chi connectivity index (χ2v) is 4.75. The molecule has 3 amide bonds. The van der Waals surface area contributed by atoms with Gasteiger partial charge in [-0.05, 0) is 26.7 Å². The fourth-order valence-electron chi connectivity index (χ4n) is 1.51. The molecule has 0 aliphatic rings. The number of nitrogens with one attached hydrogen (secondary N) is 1. The van der Waals surface area contributed by atoms with E-state index < -0.39 is 23.9 Å². The van der Waals surface area contributed by atoms with E-state index in [-0.39, 0.29) is 25.4 Å². The Hall–Kier alpha value is -2.12. The van der Waals surface area contributed by atoms with Gasteiger partial charge in [-0.3, -0.25) is 19.7 Å². The van der Waals surface area contributed by atoms with Crippen LogP contribution in [0.15, 0.2) is 0 Å². The van der Waals surface area contributed by atoms with Gasteiger partial charge in [0.1, 0.15) is 6.54 Å². The highest BCUT2D eigenvalue weighted by Gasteiger charge is 2.22. The maximum atomic E-state index is 11.9. The minimum Gasteiger partial charge on any atom is -0.481 e. The average Bonchev–Trinajstić information content (AvgIpc) is 2.39. The summed E-state index contributed by atoms with van der Waals surface area (Å²) < 4.78 is 4.49. The Morgan fingerprint density at radius 3 is 2.19 bits per heavy atom. The number of imide groups is 1. The Bertz CT molecular complexity index is 394. The lowest BCUT2D eigenvalue weighted by atomic mass is 10.2. The SMILES string of the molecule is COC(=O)CN(C(=O)NC(=O)CCCCC(=O)O)C(C)C. The number of esters is 1. The van der Waals surface area contributed by atoms with Crippen LogP contribution in [0.4, 0.5) is 4.79 Å². The van der Waals surface area contributed by atoms with E-state index >= 15 is 0 Å². The van der Waals surface area contributed by atoms with Crippen LogP contribution in [-0.4, -0.2) is 53.6 Å². The van der Waals surface area contributed by atoms with Crippen LogP contribution in [-0.2, 0) is 19.1 Å². The third kappa shape index (κ3) is 8.61. The summed E-state index contributed by atoms with van der Waals surface area (Å²) in [5, 5.41) is 10.6. The molecule has 0 heterocycles. The summed E-state index contributed by atoms with van der Waals surface area (Å²) in [5.74, 6) is -2.00. The monoisotopic (exact) mass is 302 g/mol. The fourth-order valence-corrected chi connectivity index (χ4v) is 1.51. The number of ether oxygens (including phenoxy) is 1. The first-order valence-corrected chi connectivity index (χ1v) is 6.67. The molecule has 0 spiro atoms. The maximum Gasteiger partial charge on any atom is 0.325 e. The zero-order chi connectivity index (χ0) is 16.4. The molecule has 0 saturated heterocycles. The van der Waals surface area contributed by atoms with Crippen LogP contribution >= 0.6 is 0 Å². The number of hydrogen-bond donors (Lipinski definition) is 2. The number of carboxylic acids is 1. The molecule has 0 rings (SSSR count). The van der Waals surface area contributed by atoms with Crippen molar-refractivity contribution in [3.63, 3.8) is 0 Å².